The first-order chi connectivity index (χ1) is 16.6. The zero-order valence-corrected chi connectivity index (χ0v) is 19.7. The molecule has 1 amide bonds. The van der Waals surface area contributed by atoms with Gasteiger partial charge in [-0.05, 0) is 36.8 Å². The third kappa shape index (κ3) is 4.49. The number of fused-ring (bicyclic) bond motifs is 1. The first kappa shape index (κ1) is 22.0. The van der Waals surface area contributed by atoms with E-state index in [2.05, 4.69) is 10.2 Å². The highest BCUT2D eigenvalue weighted by Gasteiger charge is 2.24. The van der Waals surface area contributed by atoms with Gasteiger partial charge in [0.05, 0.1) is 11.8 Å². The van der Waals surface area contributed by atoms with Crippen molar-refractivity contribution in [3.8, 4) is 22.9 Å². The van der Waals surface area contributed by atoms with Crippen molar-refractivity contribution in [2.75, 3.05) is 18.7 Å². The van der Waals surface area contributed by atoms with Gasteiger partial charge in [0.25, 0.3) is 0 Å². The van der Waals surface area contributed by atoms with Crippen molar-refractivity contribution >= 4 is 23.4 Å². The Kier molecular flexibility index (Phi) is 6.22. The van der Waals surface area contributed by atoms with E-state index in [4.69, 9.17) is 9.47 Å². The maximum Gasteiger partial charge on any atom is 0.240 e. The van der Waals surface area contributed by atoms with Gasteiger partial charge in [0.2, 0.25) is 12.7 Å². The number of benzene rings is 3. The lowest BCUT2D eigenvalue weighted by molar-refractivity contribution is -0.117. The number of aromatic nitrogens is 3. The molecule has 8 heteroatoms. The molecule has 2 heterocycles. The second kappa shape index (κ2) is 9.61. The van der Waals surface area contributed by atoms with Gasteiger partial charge in [-0.3, -0.25) is 9.36 Å². The Balaban J connectivity index is 1.44. The lowest BCUT2D eigenvalue weighted by Gasteiger charge is -2.21. The highest BCUT2D eigenvalue weighted by atomic mass is 32.2. The second-order valence-electron chi connectivity index (χ2n) is 7.94. The summed E-state index contributed by atoms with van der Waals surface area (Å²) in [6.07, 6.45) is 0. The fraction of sp³-hybridized carbons (Fsp3) is 0.192. The molecular formula is C26H24N4O3S. The third-order valence-corrected chi connectivity index (χ3v) is 6.70. The molecule has 5 rings (SSSR count). The molecule has 7 nitrogen and oxygen atoms in total. The highest BCUT2D eigenvalue weighted by molar-refractivity contribution is 8.00. The summed E-state index contributed by atoms with van der Waals surface area (Å²) < 4.78 is 13.0. The van der Waals surface area contributed by atoms with Crippen LogP contribution in [0.3, 0.4) is 0 Å². The van der Waals surface area contributed by atoms with Gasteiger partial charge in [-0.1, -0.05) is 66.4 Å². The molecule has 1 aliphatic heterocycles. The van der Waals surface area contributed by atoms with Crippen LogP contribution in [0.5, 0.6) is 11.5 Å². The van der Waals surface area contributed by atoms with Gasteiger partial charge in [0.1, 0.15) is 0 Å². The normalized spacial score (nSPS) is 13.0. The molecule has 1 aliphatic rings. The standard InChI is InChI=1S/C26H24N4O3S/c1-18(25(31)29(2)21-11-7-4-8-12-21)34-26-28-27-24(20-9-5-3-6-10-20)30(26)16-19-13-14-22-23(15-19)33-17-32-22/h3-15,18H,16-17H2,1-2H3/t18-/m1/s1. The van der Waals surface area contributed by atoms with E-state index in [1.165, 1.54) is 11.8 Å². The quantitative estimate of drug-likeness (QED) is 0.358. The predicted molar refractivity (Wildman–Crippen MR) is 132 cm³/mol. The number of rotatable bonds is 7. The Morgan fingerprint density at radius 2 is 1.71 bits per heavy atom. The van der Waals surface area contributed by atoms with Crippen molar-refractivity contribution in [1.82, 2.24) is 14.8 Å². The lowest BCUT2D eigenvalue weighted by Crippen LogP contribution is -2.33. The SMILES string of the molecule is C[C@@H](Sc1nnc(-c2ccccc2)n1Cc1ccc2c(c1)OCO2)C(=O)N(C)c1ccccc1. The van der Waals surface area contributed by atoms with Gasteiger partial charge in [-0.25, -0.2) is 0 Å². The van der Waals surface area contributed by atoms with E-state index < -0.39 is 0 Å². The van der Waals surface area contributed by atoms with E-state index >= 15 is 0 Å². The molecule has 0 saturated heterocycles. The van der Waals surface area contributed by atoms with Crippen LogP contribution in [0.25, 0.3) is 11.4 Å². The van der Waals surface area contributed by atoms with Crippen LogP contribution in [-0.4, -0.2) is 39.8 Å². The number of anilines is 1. The van der Waals surface area contributed by atoms with Crippen LogP contribution in [-0.2, 0) is 11.3 Å². The summed E-state index contributed by atoms with van der Waals surface area (Å²) in [5.41, 5.74) is 2.85. The zero-order valence-electron chi connectivity index (χ0n) is 18.9. The molecule has 0 fully saturated rings. The minimum absolute atomic E-state index is 0.00455. The number of thioether (sulfide) groups is 1. The van der Waals surface area contributed by atoms with E-state index in [0.29, 0.717) is 11.7 Å². The number of hydrogen-bond donors (Lipinski definition) is 0. The molecule has 3 aromatic carbocycles. The average Bonchev–Trinajstić information content (AvgIpc) is 3.51. The Morgan fingerprint density at radius 1 is 1.00 bits per heavy atom. The van der Waals surface area contributed by atoms with Crippen LogP contribution in [0.1, 0.15) is 12.5 Å². The smallest absolute Gasteiger partial charge is 0.240 e. The van der Waals surface area contributed by atoms with Crippen LogP contribution in [0.15, 0.2) is 84.0 Å². The predicted octanol–water partition coefficient (Wildman–Crippen LogP) is 4.87. The van der Waals surface area contributed by atoms with E-state index in [9.17, 15) is 4.79 Å². The molecule has 0 spiro atoms. The van der Waals surface area contributed by atoms with E-state index in [1.807, 2.05) is 90.4 Å². The summed E-state index contributed by atoms with van der Waals surface area (Å²) in [7, 11) is 1.79. The second-order valence-corrected chi connectivity index (χ2v) is 9.25. The zero-order chi connectivity index (χ0) is 23.5. The van der Waals surface area contributed by atoms with Gasteiger partial charge in [-0.15, -0.1) is 10.2 Å². The summed E-state index contributed by atoms with van der Waals surface area (Å²) in [4.78, 5) is 14.8. The van der Waals surface area contributed by atoms with Crippen molar-refractivity contribution in [2.45, 2.75) is 23.9 Å². The summed E-state index contributed by atoms with van der Waals surface area (Å²) in [6, 6.07) is 25.5. The Hall–Kier alpha value is -3.78. The van der Waals surface area contributed by atoms with Gasteiger partial charge in [-0.2, -0.15) is 0 Å². The maximum atomic E-state index is 13.1. The van der Waals surface area contributed by atoms with Crippen molar-refractivity contribution in [1.29, 1.82) is 0 Å². The van der Waals surface area contributed by atoms with Crippen LogP contribution >= 0.6 is 11.8 Å². The van der Waals surface area contributed by atoms with E-state index in [-0.39, 0.29) is 18.0 Å². The summed E-state index contributed by atoms with van der Waals surface area (Å²) >= 11 is 1.40. The highest BCUT2D eigenvalue weighted by Crippen LogP contribution is 2.34. The van der Waals surface area contributed by atoms with Crippen molar-refractivity contribution in [3.05, 3.63) is 84.4 Å². The van der Waals surface area contributed by atoms with Gasteiger partial charge >= 0.3 is 0 Å². The molecule has 0 saturated carbocycles. The number of nitrogens with zero attached hydrogens (tertiary/aromatic N) is 4. The number of amides is 1. The lowest BCUT2D eigenvalue weighted by atomic mass is 10.2. The topological polar surface area (TPSA) is 69.5 Å². The van der Waals surface area contributed by atoms with Crippen molar-refractivity contribution in [2.24, 2.45) is 0 Å². The Labute approximate surface area is 202 Å². The first-order valence-electron chi connectivity index (χ1n) is 11.0. The molecule has 0 aliphatic carbocycles. The van der Waals surface area contributed by atoms with Crippen LogP contribution in [0.2, 0.25) is 0 Å². The molecule has 1 atom stereocenters. The summed E-state index contributed by atoms with van der Waals surface area (Å²) in [5, 5.41) is 9.27. The van der Waals surface area contributed by atoms with E-state index in [0.717, 1.165) is 34.1 Å². The first-order valence-corrected chi connectivity index (χ1v) is 11.8. The van der Waals surface area contributed by atoms with Gasteiger partial charge in [0, 0.05) is 18.3 Å². The van der Waals surface area contributed by atoms with Crippen molar-refractivity contribution in [3.63, 3.8) is 0 Å². The fourth-order valence-corrected chi connectivity index (χ4v) is 4.74. The van der Waals surface area contributed by atoms with Gasteiger partial charge < -0.3 is 14.4 Å². The number of ether oxygens (including phenoxy) is 2. The Morgan fingerprint density at radius 3 is 2.47 bits per heavy atom. The summed E-state index contributed by atoms with van der Waals surface area (Å²) in [6.45, 7) is 2.66. The number of para-hydroxylation sites is 1. The average molecular weight is 473 g/mol. The molecule has 34 heavy (non-hydrogen) atoms. The number of hydrogen-bond acceptors (Lipinski definition) is 6. The van der Waals surface area contributed by atoms with Crippen LogP contribution < -0.4 is 14.4 Å². The Bertz CT molecular complexity index is 1290. The maximum absolute atomic E-state index is 13.1. The molecule has 172 valence electrons. The van der Waals surface area contributed by atoms with E-state index in [1.54, 1.807) is 11.9 Å². The molecule has 0 bridgehead atoms. The molecule has 0 N–H and O–H groups in total. The largest absolute Gasteiger partial charge is 0.454 e. The van der Waals surface area contributed by atoms with Gasteiger partial charge in [0.15, 0.2) is 22.5 Å². The summed E-state index contributed by atoms with van der Waals surface area (Å²) in [5.74, 6) is 2.22. The molecule has 0 radical (unpaired) electrons. The third-order valence-electron chi connectivity index (χ3n) is 5.63. The van der Waals surface area contributed by atoms with Crippen molar-refractivity contribution < 1.29 is 14.3 Å². The molecule has 1 aromatic heterocycles. The molecule has 0 unspecified atom stereocenters. The number of carbonyl (C=O) groups excluding carboxylic acids is 1. The minimum Gasteiger partial charge on any atom is -0.454 e. The fourth-order valence-electron chi connectivity index (χ4n) is 3.80. The molecule has 4 aromatic rings. The molecular weight excluding hydrogens is 448 g/mol. The van der Waals surface area contributed by atoms with Crippen LogP contribution in [0, 0.1) is 0 Å². The monoisotopic (exact) mass is 472 g/mol. The van der Waals surface area contributed by atoms with Crippen LogP contribution in [0.4, 0.5) is 5.69 Å². The number of carbonyl (C=O) groups is 1. The minimum atomic E-state index is -0.353.